The second kappa shape index (κ2) is 7.98. The van der Waals surface area contributed by atoms with E-state index in [0.717, 1.165) is 4.68 Å². The van der Waals surface area contributed by atoms with Crippen LogP contribution in [0.25, 0.3) is 10.8 Å². The Bertz CT molecular complexity index is 1040. The van der Waals surface area contributed by atoms with Gasteiger partial charge < -0.3 is 10.1 Å². The van der Waals surface area contributed by atoms with Crippen LogP contribution in [0.5, 0.6) is 0 Å². The van der Waals surface area contributed by atoms with E-state index in [1.807, 2.05) is 13.8 Å². The maximum absolute atomic E-state index is 12.6. The van der Waals surface area contributed by atoms with Gasteiger partial charge >= 0.3 is 0 Å². The molecule has 1 aliphatic rings. The number of rotatable bonds is 5. The molecule has 3 rings (SSSR count). The third-order valence-electron chi connectivity index (χ3n) is 4.60. The van der Waals surface area contributed by atoms with Crippen molar-refractivity contribution in [1.29, 1.82) is 0 Å². The van der Waals surface area contributed by atoms with E-state index < -0.39 is 15.9 Å². The minimum Gasteiger partial charge on any atom is -0.373 e. The topological polar surface area (TPSA) is 111 Å². The molecule has 1 aromatic heterocycles. The first kappa shape index (κ1) is 20.4. The van der Waals surface area contributed by atoms with Crippen molar-refractivity contribution in [2.75, 3.05) is 25.4 Å². The molecular formula is C18H24N4O5S. The molecule has 0 spiro atoms. The molecule has 0 saturated carbocycles. The number of hydrogen-bond donors (Lipinski definition) is 1. The maximum Gasteiger partial charge on any atom is 0.274 e. The summed E-state index contributed by atoms with van der Waals surface area (Å²) in [6.07, 6.45) is -0.344. The highest BCUT2D eigenvalue weighted by molar-refractivity contribution is 7.89. The summed E-state index contributed by atoms with van der Waals surface area (Å²) in [5.74, 6) is -0.743. The van der Waals surface area contributed by atoms with E-state index in [1.54, 1.807) is 24.3 Å². The number of sulfonamides is 1. The van der Waals surface area contributed by atoms with E-state index in [4.69, 9.17) is 4.74 Å². The highest BCUT2D eigenvalue weighted by Crippen LogP contribution is 2.15. The van der Waals surface area contributed by atoms with E-state index in [0.29, 0.717) is 23.9 Å². The molecule has 2 atom stereocenters. The van der Waals surface area contributed by atoms with Crippen molar-refractivity contribution in [2.24, 2.45) is 7.05 Å². The zero-order valence-corrected chi connectivity index (χ0v) is 16.9. The lowest BCUT2D eigenvalue weighted by Gasteiger charge is -2.34. The molecule has 10 heteroatoms. The quantitative estimate of drug-likeness (QED) is 0.751. The van der Waals surface area contributed by atoms with Crippen molar-refractivity contribution in [3.63, 3.8) is 0 Å². The fraction of sp³-hybridized carbons (Fsp3) is 0.500. The Morgan fingerprint density at radius 3 is 2.46 bits per heavy atom. The molecule has 1 amide bonds. The predicted octanol–water partition coefficient (Wildman–Crippen LogP) is 0.102. The standard InChI is InChI=1S/C18H24N4O5S/c1-12-10-22(11-13(2)27-12)28(25,26)9-8-19-17(23)16-14-6-4-5-7-15(14)18(24)21(3)20-16/h4-7,12-13H,8-11H2,1-3H3,(H,19,23). The summed E-state index contributed by atoms with van der Waals surface area (Å²) in [6.45, 7) is 4.20. The zero-order valence-electron chi connectivity index (χ0n) is 16.1. The number of hydrogen-bond acceptors (Lipinski definition) is 6. The van der Waals surface area contributed by atoms with Gasteiger partial charge in [0.25, 0.3) is 11.5 Å². The third-order valence-corrected chi connectivity index (χ3v) is 6.40. The highest BCUT2D eigenvalue weighted by atomic mass is 32.2. The Kier molecular flexibility index (Phi) is 5.82. The summed E-state index contributed by atoms with van der Waals surface area (Å²) < 4.78 is 33.2. The molecule has 1 N–H and O–H groups in total. The minimum atomic E-state index is -3.52. The van der Waals surface area contributed by atoms with Crippen molar-refractivity contribution >= 4 is 26.7 Å². The molecule has 2 unspecified atom stereocenters. The Balaban J connectivity index is 1.71. The molecular weight excluding hydrogens is 384 g/mol. The first-order valence-corrected chi connectivity index (χ1v) is 10.7. The van der Waals surface area contributed by atoms with Gasteiger partial charge in [-0.05, 0) is 19.9 Å². The van der Waals surface area contributed by atoms with Gasteiger partial charge in [0.2, 0.25) is 10.0 Å². The molecule has 0 aliphatic carbocycles. The van der Waals surface area contributed by atoms with Gasteiger partial charge in [-0.2, -0.15) is 9.40 Å². The lowest BCUT2D eigenvalue weighted by molar-refractivity contribution is -0.0440. The van der Waals surface area contributed by atoms with E-state index >= 15 is 0 Å². The Labute approximate surface area is 163 Å². The summed E-state index contributed by atoms with van der Waals surface area (Å²) in [5, 5.41) is 7.46. The number of ether oxygens (including phenoxy) is 1. The number of carbonyl (C=O) groups excluding carboxylic acids is 1. The number of nitrogens with one attached hydrogen (secondary N) is 1. The number of carbonyl (C=O) groups is 1. The van der Waals surface area contributed by atoms with Crippen LogP contribution < -0.4 is 10.9 Å². The number of morpholine rings is 1. The van der Waals surface area contributed by atoms with E-state index in [-0.39, 0.29) is 35.8 Å². The maximum atomic E-state index is 12.6. The summed E-state index contributed by atoms with van der Waals surface area (Å²) in [4.78, 5) is 24.7. The van der Waals surface area contributed by atoms with Gasteiger partial charge in [0.05, 0.1) is 23.3 Å². The molecule has 152 valence electrons. The van der Waals surface area contributed by atoms with Crippen molar-refractivity contribution in [2.45, 2.75) is 26.1 Å². The molecule has 2 heterocycles. The SMILES string of the molecule is CC1CN(S(=O)(=O)CCNC(=O)c2nn(C)c(=O)c3ccccc23)CC(C)O1. The van der Waals surface area contributed by atoms with E-state index in [1.165, 1.54) is 11.4 Å². The number of benzene rings is 1. The Morgan fingerprint density at radius 2 is 1.82 bits per heavy atom. The van der Waals surface area contributed by atoms with Gasteiger partial charge in [-0.25, -0.2) is 13.1 Å². The van der Waals surface area contributed by atoms with Crippen molar-refractivity contribution in [3.8, 4) is 0 Å². The average molecular weight is 408 g/mol. The number of fused-ring (bicyclic) bond motifs is 1. The lowest BCUT2D eigenvalue weighted by atomic mass is 10.1. The van der Waals surface area contributed by atoms with Gasteiger partial charge in [-0.15, -0.1) is 0 Å². The van der Waals surface area contributed by atoms with Crippen LogP contribution in [0, 0.1) is 0 Å². The molecule has 1 aliphatic heterocycles. The van der Waals surface area contributed by atoms with Crippen LogP contribution in [0.2, 0.25) is 0 Å². The van der Waals surface area contributed by atoms with Gasteiger partial charge in [0.1, 0.15) is 0 Å². The molecule has 0 radical (unpaired) electrons. The van der Waals surface area contributed by atoms with Crippen LogP contribution in [0.15, 0.2) is 29.1 Å². The van der Waals surface area contributed by atoms with Gasteiger partial charge in [0.15, 0.2) is 5.69 Å². The smallest absolute Gasteiger partial charge is 0.274 e. The van der Waals surface area contributed by atoms with Crippen LogP contribution in [0.1, 0.15) is 24.3 Å². The number of aromatic nitrogens is 2. The molecule has 9 nitrogen and oxygen atoms in total. The third kappa shape index (κ3) is 4.23. The highest BCUT2D eigenvalue weighted by Gasteiger charge is 2.30. The van der Waals surface area contributed by atoms with Crippen LogP contribution in [-0.2, 0) is 21.8 Å². The lowest BCUT2D eigenvalue weighted by Crippen LogP contribution is -2.49. The summed E-state index contributed by atoms with van der Waals surface area (Å²) in [5.41, 5.74) is -0.214. The fourth-order valence-electron chi connectivity index (χ4n) is 3.33. The van der Waals surface area contributed by atoms with Crippen LogP contribution in [0.3, 0.4) is 0 Å². The van der Waals surface area contributed by atoms with Gasteiger partial charge in [-0.3, -0.25) is 9.59 Å². The minimum absolute atomic E-state index is 0.0554. The zero-order chi connectivity index (χ0) is 20.5. The molecule has 1 fully saturated rings. The van der Waals surface area contributed by atoms with Crippen molar-refractivity contribution in [3.05, 3.63) is 40.3 Å². The van der Waals surface area contributed by atoms with E-state index in [9.17, 15) is 18.0 Å². The second-order valence-electron chi connectivity index (χ2n) is 6.97. The van der Waals surface area contributed by atoms with Crippen molar-refractivity contribution in [1.82, 2.24) is 19.4 Å². The summed E-state index contributed by atoms with van der Waals surface area (Å²) >= 11 is 0. The van der Waals surface area contributed by atoms with Crippen LogP contribution in [0.4, 0.5) is 0 Å². The summed E-state index contributed by atoms with van der Waals surface area (Å²) in [6, 6.07) is 6.70. The second-order valence-corrected chi connectivity index (χ2v) is 9.06. The van der Waals surface area contributed by atoms with Crippen LogP contribution >= 0.6 is 0 Å². The number of aryl methyl sites for hydroxylation is 1. The summed E-state index contributed by atoms with van der Waals surface area (Å²) in [7, 11) is -2.05. The first-order valence-electron chi connectivity index (χ1n) is 9.06. The number of amides is 1. The monoisotopic (exact) mass is 408 g/mol. The predicted molar refractivity (Wildman–Crippen MR) is 105 cm³/mol. The van der Waals surface area contributed by atoms with Crippen molar-refractivity contribution < 1.29 is 17.9 Å². The fourth-order valence-corrected chi connectivity index (χ4v) is 4.82. The van der Waals surface area contributed by atoms with Gasteiger partial charge in [-0.1, -0.05) is 18.2 Å². The molecule has 2 aromatic rings. The first-order chi connectivity index (χ1) is 13.2. The molecule has 1 saturated heterocycles. The molecule has 1 aromatic carbocycles. The molecule has 0 bridgehead atoms. The number of nitrogens with zero attached hydrogens (tertiary/aromatic N) is 3. The average Bonchev–Trinajstić information content (AvgIpc) is 2.63. The Morgan fingerprint density at radius 1 is 1.21 bits per heavy atom. The Hall–Kier alpha value is -2.30. The largest absolute Gasteiger partial charge is 0.373 e. The van der Waals surface area contributed by atoms with E-state index in [2.05, 4.69) is 10.4 Å². The normalized spacial score (nSPS) is 21.0. The van der Waals surface area contributed by atoms with Gasteiger partial charge in [0, 0.05) is 32.1 Å². The van der Waals surface area contributed by atoms with Crippen LogP contribution in [-0.4, -0.2) is 66.0 Å². The molecule has 28 heavy (non-hydrogen) atoms.